The summed E-state index contributed by atoms with van der Waals surface area (Å²) in [6.45, 7) is 9.94. The van der Waals surface area contributed by atoms with Crippen LogP contribution in [0.5, 0.6) is 0 Å². The van der Waals surface area contributed by atoms with Crippen LogP contribution in [0, 0.1) is 5.92 Å². The minimum Gasteiger partial charge on any atom is -0.481 e. The average Bonchev–Trinajstić information content (AvgIpc) is 2.19. The first-order valence-corrected chi connectivity index (χ1v) is 5.65. The van der Waals surface area contributed by atoms with E-state index in [1.165, 1.54) is 0 Å². The van der Waals surface area contributed by atoms with E-state index in [0.29, 0.717) is 12.1 Å². The van der Waals surface area contributed by atoms with Gasteiger partial charge in [0.05, 0.1) is 5.92 Å². The van der Waals surface area contributed by atoms with Crippen molar-refractivity contribution in [2.45, 2.75) is 45.8 Å². The molecule has 0 aliphatic carbocycles. The molecule has 0 aromatic rings. The number of aliphatic carboxylic acids is 1. The predicted octanol–water partition coefficient (Wildman–Crippen LogP) is 0.778. The molecule has 0 bridgehead atoms. The van der Waals surface area contributed by atoms with Crippen molar-refractivity contribution >= 4 is 5.97 Å². The van der Waals surface area contributed by atoms with Crippen LogP contribution in [-0.4, -0.2) is 47.2 Å². The van der Waals surface area contributed by atoms with Crippen LogP contribution in [0.1, 0.15) is 27.7 Å². The van der Waals surface area contributed by atoms with Crippen LogP contribution in [0.25, 0.3) is 0 Å². The van der Waals surface area contributed by atoms with E-state index in [2.05, 4.69) is 24.1 Å². The summed E-state index contributed by atoms with van der Waals surface area (Å²) >= 11 is 0. The summed E-state index contributed by atoms with van der Waals surface area (Å²) in [6, 6.07) is 0.963. The molecule has 4 heteroatoms. The zero-order valence-corrected chi connectivity index (χ0v) is 10.0. The number of carbonyl (C=O) groups is 1. The van der Waals surface area contributed by atoms with E-state index >= 15 is 0 Å². The molecule has 4 nitrogen and oxygen atoms in total. The summed E-state index contributed by atoms with van der Waals surface area (Å²) in [5.41, 5.74) is 0. The van der Waals surface area contributed by atoms with E-state index in [1.807, 2.05) is 6.92 Å². The Labute approximate surface area is 91.6 Å². The third-order valence-electron chi connectivity index (χ3n) is 3.45. The van der Waals surface area contributed by atoms with Gasteiger partial charge >= 0.3 is 5.97 Å². The molecule has 0 radical (unpaired) electrons. The van der Waals surface area contributed by atoms with Crippen molar-refractivity contribution in [3.05, 3.63) is 0 Å². The Morgan fingerprint density at radius 2 is 2.07 bits per heavy atom. The Kier molecular flexibility index (Phi) is 4.11. The number of carboxylic acids is 1. The molecule has 1 fully saturated rings. The number of nitrogens with one attached hydrogen (secondary N) is 1. The van der Waals surface area contributed by atoms with Gasteiger partial charge in [0.1, 0.15) is 0 Å². The molecular weight excluding hydrogens is 192 g/mol. The highest BCUT2D eigenvalue weighted by atomic mass is 16.4. The van der Waals surface area contributed by atoms with Crippen molar-refractivity contribution in [2.24, 2.45) is 5.92 Å². The van der Waals surface area contributed by atoms with Crippen molar-refractivity contribution < 1.29 is 9.90 Å². The molecular formula is C11H22N2O2. The molecule has 1 aliphatic heterocycles. The standard InChI is InChI=1S/C11H22N2O2/c1-7-6-13(8(2)5-12-7)10(4)9(3)11(14)15/h7-10,12H,5-6H2,1-4H3,(H,14,15). The van der Waals surface area contributed by atoms with Gasteiger partial charge in [-0.2, -0.15) is 0 Å². The molecule has 0 amide bonds. The fourth-order valence-electron chi connectivity index (χ4n) is 2.11. The first-order valence-electron chi connectivity index (χ1n) is 5.65. The fourth-order valence-corrected chi connectivity index (χ4v) is 2.11. The highest BCUT2D eigenvalue weighted by Crippen LogP contribution is 2.17. The summed E-state index contributed by atoms with van der Waals surface area (Å²) in [6.07, 6.45) is 0. The maximum absolute atomic E-state index is 10.9. The van der Waals surface area contributed by atoms with E-state index in [1.54, 1.807) is 6.92 Å². The van der Waals surface area contributed by atoms with Gasteiger partial charge in [0, 0.05) is 31.2 Å². The van der Waals surface area contributed by atoms with E-state index in [0.717, 1.165) is 13.1 Å². The first kappa shape index (κ1) is 12.5. The zero-order valence-electron chi connectivity index (χ0n) is 10.0. The molecule has 1 rings (SSSR count). The topological polar surface area (TPSA) is 52.6 Å². The van der Waals surface area contributed by atoms with Crippen LogP contribution in [-0.2, 0) is 4.79 Å². The fraction of sp³-hybridized carbons (Fsp3) is 0.909. The molecule has 1 saturated heterocycles. The van der Waals surface area contributed by atoms with Crippen molar-refractivity contribution in [3.63, 3.8) is 0 Å². The van der Waals surface area contributed by atoms with Crippen LogP contribution in [0.4, 0.5) is 0 Å². The minimum atomic E-state index is -0.708. The molecule has 1 aliphatic rings. The maximum Gasteiger partial charge on any atom is 0.307 e. The number of carboxylic acid groups (broad SMARTS) is 1. The van der Waals surface area contributed by atoms with E-state index < -0.39 is 5.97 Å². The molecule has 4 atom stereocenters. The Balaban J connectivity index is 2.63. The molecule has 0 aromatic carbocycles. The number of piperazine rings is 1. The van der Waals surface area contributed by atoms with Gasteiger partial charge in [-0.3, -0.25) is 9.69 Å². The minimum absolute atomic E-state index is 0.0991. The second-order valence-electron chi connectivity index (χ2n) is 4.72. The Hall–Kier alpha value is -0.610. The molecule has 88 valence electrons. The second-order valence-corrected chi connectivity index (χ2v) is 4.72. The van der Waals surface area contributed by atoms with Crippen molar-refractivity contribution in [1.29, 1.82) is 0 Å². The Bertz CT molecular complexity index is 233. The summed E-state index contributed by atoms with van der Waals surface area (Å²) < 4.78 is 0. The molecule has 0 saturated carbocycles. The van der Waals surface area contributed by atoms with Gasteiger partial charge in [0.2, 0.25) is 0 Å². The second kappa shape index (κ2) is 4.94. The number of nitrogens with zero attached hydrogens (tertiary/aromatic N) is 1. The molecule has 0 aromatic heterocycles. The van der Waals surface area contributed by atoms with Gasteiger partial charge in [0.25, 0.3) is 0 Å². The highest BCUT2D eigenvalue weighted by molar-refractivity contribution is 5.70. The van der Waals surface area contributed by atoms with Gasteiger partial charge in [-0.25, -0.2) is 0 Å². The Morgan fingerprint density at radius 1 is 1.47 bits per heavy atom. The normalized spacial score (nSPS) is 32.3. The lowest BCUT2D eigenvalue weighted by molar-refractivity contribution is -0.143. The summed E-state index contributed by atoms with van der Waals surface area (Å²) in [7, 11) is 0. The smallest absolute Gasteiger partial charge is 0.307 e. The summed E-state index contributed by atoms with van der Waals surface area (Å²) in [5.74, 6) is -1.02. The summed E-state index contributed by atoms with van der Waals surface area (Å²) in [4.78, 5) is 13.2. The van der Waals surface area contributed by atoms with Crippen LogP contribution >= 0.6 is 0 Å². The van der Waals surface area contributed by atoms with E-state index in [4.69, 9.17) is 5.11 Å². The van der Waals surface area contributed by atoms with Gasteiger partial charge in [0.15, 0.2) is 0 Å². The summed E-state index contributed by atoms with van der Waals surface area (Å²) in [5, 5.41) is 12.4. The van der Waals surface area contributed by atoms with Gasteiger partial charge in [-0.1, -0.05) is 6.92 Å². The number of hydrogen-bond donors (Lipinski definition) is 2. The van der Waals surface area contributed by atoms with Gasteiger partial charge in [-0.05, 0) is 20.8 Å². The molecule has 4 unspecified atom stereocenters. The lowest BCUT2D eigenvalue weighted by Crippen LogP contribution is -2.58. The first-order chi connectivity index (χ1) is 6.93. The van der Waals surface area contributed by atoms with Crippen LogP contribution in [0.3, 0.4) is 0 Å². The third-order valence-corrected chi connectivity index (χ3v) is 3.45. The monoisotopic (exact) mass is 214 g/mol. The quantitative estimate of drug-likeness (QED) is 0.729. The van der Waals surface area contributed by atoms with Crippen molar-refractivity contribution in [1.82, 2.24) is 10.2 Å². The van der Waals surface area contributed by atoms with Gasteiger partial charge in [-0.15, -0.1) is 0 Å². The van der Waals surface area contributed by atoms with Crippen molar-refractivity contribution in [2.75, 3.05) is 13.1 Å². The molecule has 0 spiro atoms. The predicted molar refractivity (Wildman–Crippen MR) is 59.9 cm³/mol. The number of rotatable bonds is 3. The largest absolute Gasteiger partial charge is 0.481 e. The lowest BCUT2D eigenvalue weighted by atomic mass is 9.98. The van der Waals surface area contributed by atoms with Crippen molar-refractivity contribution in [3.8, 4) is 0 Å². The molecule has 2 N–H and O–H groups in total. The van der Waals surface area contributed by atoms with Gasteiger partial charge < -0.3 is 10.4 Å². The molecule has 1 heterocycles. The Morgan fingerprint density at radius 3 is 2.60 bits per heavy atom. The maximum atomic E-state index is 10.9. The average molecular weight is 214 g/mol. The van der Waals surface area contributed by atoms with E-state index in [-0.39, 0.29) is 12.0 Å². The lowest BCUT2D eigenvalue weighted by Gasteiger charge is -2.42. The van der Waals surface area contributed by atoms with Crippen LogP contribution in [0.15, 0.2) is 0 Å². The molecule has 15 heavy (non-hydrogen) atoms. The number of hydrogen-bond acceptors (Lipinski definition) is 3. The highest BCUT2D eigenvalue weighted by Gasteiger charge is 2.31. The zero-order chi connectivity index (χ0) is 11.6. The SMILES string of the molecule is CC1CN(C(C)C(C)C(=O)O)C(C)CN1. The van der Waals surface area contributed by atoms with Crippen LogP contribution < -0.4 is 5.32 Å². The third kappa shape index (κ3) is 2.92. The van der Waals surface area contributed by atoms with Crippen LogP contribution in [0.2, 0.25) is 0 Å². The van der Waals surface area contributed by atoms with E-state index in [9.17, 15) is 4.79 Å².